The first kappa shape index (κ1) is 24.8. The molecule has 2 aromatic heterocycles. The lowest BCUT2D eigenvalue weighted by Crippen LogP contribution is -2.27. The molecule has 2 aromatic carbocycles. The van der Waals surface area contributed by atoms with Crippen molar-refractivity contribution >= 4 is 21.8 Å². The molecule has 2 aliphatic rings. The Labute approximate surface area is 222 Å². The highest BCUT2D eigenvalue weighted by molar-refractivity contribution is 5.86. The molecule has 0 N–H and O–H groups in total. The molecule has 4 heterocycles. The van der Waals surface area contributed by atoms with Gasteiger partial charge in [-0.15, -0.1) is 0 Å². The van der Waals surface area contributed by atoms with Crippen LogP contribution in [0.4, 0.5) is 0 Å². The molecule has 4 heteroatoms. The Kier molecular flexibility index (Phi) is 7.39. The van der Waals surface area contributed by atoms with Crippen molar-refractivity contribution in [1.82, 2.24) is 18.9 Å². The van der Waals surface area contributed by atoms with Crippen LogP contribution in [0.2, 0.25) is 0 Å². The van der Waals surface area contributed by atoms with Crippen LogP contribution in [0.1, 0.15) is 67.5 Å². The van der Waals surface area contributed by atoms with Gasteiger partial charge in [-0.25, -0.2) is 0 Å². The number of para-hydroxylation sites is 2. The van der Waals surface area contributed by atoms with E-state index in [1.807, 2.05) is 0 Å². The highest BCUT2D eigenvalue weighted by Crippen LogP contribution is 2.32. The molecule has 0 fully saturated rings. The van der Waals surface area contributed by atoms with Crippen molar-refractivity contribution < 1.29 is 0 Å². The fourth-order valence-corrected chi connectivity index (χ4v) is 7.00. The Hall–Kier alpha value is -2.56. The van der Waals surface area contributed by atoms with Gasteiger partial charge in [0.05, 0.1) is 0 Å². The summed E-state index contributed by atoms with van der Waals surface area (Å²) in [7, 11) is 4.51. The van der Waals surface area contributed by atoms with E-state index in [4.69, 9.17) is 0 Å². The van der Waals surface area contributed by atoms with Crippen molar-refractivity contribution in [3.05, 3.63) is 71.0 Å². The van der Waals surface area contributed by atoms with E-state index >= 15 is 0 Å². The number of hydrogen-bond donors (Lipinski definition) is 0. The normalized spacial score (nSPS) is 16.5. The summed E-state index contributed by atoms with van der Waals surface area (Å²) in [6.07, 6.45) is 11.8. The summed E-state index contributed by atoms with van der Waals surface area (Å²) in [6, 6.07) is 18.1. The van der Waals surface area contributed by atoms with Crippen molar-refractivity contribution in [2.45, 2.75) is 84.0 Å². The van der Waals surface area contributed by atoms with Gasteiger partial charge in [0.2, 0.25) is 0 Å². The molecule has 0 spiro atoms. The number of benzene rings is 2. The summed E-state index contributed by atoms with van der Waals surface area (Å²) in [6.45, 7) is 6.91. The minimum absolute atomic E-state index is 1.10. The smallest absolute Gasteiger partial charge is 0.0485 e. The number of fused-ring (bicyclic) bond motifs is 6. The van der Waals surface area contributed by atoms with Crippen molar-refractivity contribution in [3.63, 3.8) is 0 Å². The molecule has 4 nitrogen and oxygen atoms in total. The molecule has 0 radical (unpaired) electrons. The molecule has 0 atom stereocenters. The minimum Gasteiger partial charge on any atom is -0.344 e. The average Bonchev–Trinajstić information content (AvgIpc) is 3.39. The Morgan fingerprint density at radius 2 is 1.05 bits per heavy atom. The maximum Gasteiger partial charge on any atom is 0.0485 e. The molecule has 196 valence electrons. The zero-order chi connectivity index (χ0) is 25.2. The number of unbranched alkanes of at least 4 members (excludes halogenated alkanes) is 6. The third kappa shape index (κ3) is 4.98. The van der Waals surface area contributed by atoms with Crippen LogP contribution in [-0.4, -0.2) is 46.1 Å². The summed E-state index contributed by atoms with van der Waals surface area (Å²) in [5.41, 5.74) is 9.26. The van der Waals surface area contributed by atoms with Crippen LogP contribution >= 0.6 is 0 Å². The molecule has 6 rings (SSSR count). The minimum atomic E-state index is 1.10. The fourth-order valence-electron chi connectivity index (χ4n) is 7.00. The van der Waals surface area contributed by atoms with Crippen LogP contribution in [0, 0.1) is 0 Å². The number of nitrogens with zero attached hydrogens (tertiary/aromatic N) is 4. The van der Waals surface area contributed by atoms with E-state index in [2.05, 4.69) is 81.6 Å². The Balaban J connectivity index is 0.964. The molecule has 0 unspecified atom stereocenters. The summed E-state index contributed by atoms with van der Waals surface area (Å²) in [5, 5.41) is 2.97. The van der Waals surface area contributed by atoms with E-state index in [1.54, 1.807) is 22.5 Å². The quantitative estimate of drug-likeness (QED) is 0.220. The Morgan fingerprint density at radius 3 is 1.73 bits per heavy atom. The lowest BCUT2D eigenvalue weighted by molar-refractivity contribution is 0.302. The molecular formula is C33H44N4. The number of hydrogen-bond acceptors (Lipinski definition) is 2. The van der Waals surface area contributed by atoms with Crippen LogP contribution in [-0.2, 0) is 39.0 Å². The predicted octanol–water partition coefficient (Wildman–Crippen LogP) is 7.00. The number of likely N-dealkylation sites (N-methyl/N-ethyl adjacent to an activating group) is 2. The highest BCUT2D eigenvalue weighted by Gasteiger charge is 2.23. The molecule has 0 amide bonds. The zero-order valence-corrected chi connectivity index (χ0v) is 23.0. The van der Waals surface area contributed by atoms with Gasteiger partial charge >= 0.3 is 0 Å². The van der Waals surface area contributed by atoms with Gasteiger partial charge in [0, 0.05) is 78.9 Å². The van der Waals surface area contributed by atoms with E-state index in [0.717, 1.165) is 13.1 Å². The van der Waals surface area contributed by atoms with Gasteiger partial charge in [0.25, 0.3) is 0 Å². The number of aromatic nitrogens is 2. The molecule has 37 heavy (non-hydrogen) atoms. The van der Waals surface area contributed by atoms with Gasteiger partial charge in [-0.05, 0) is 56.6 Å². The maximum atomic E-state index is 2.65. The summed E-state index contributed by atoms with van der Waals surface area (Å²) >= 11 is 0. The van der Waals surface area contributed by atoms with Gasteiger partial charge < -0.3 is 18.9 Å². The molecule has 2 aliphatic heterocycles. The van der Waals surface area contributed by atoms with E-state index in [1.165, 1.54) is 106 Å². The standard InChI is InChI=1S/C33H44N4/c1-34-23-19-32-29(24-34)27-15-9-11-17-31(27)36(32)20-12-6-4-3-5-7-13-21-37-30-16-10-8-14-26(30)28-18-22-35(2)25-33(28)37/h8-11,14-17H,3-7,12-13,18-25H2,1-2H3. The molecule has 0 saturated heterocycles. The number of aryl methyl sites for hydroxylation is 2. The van der Waals surface area contributed by atoms with Gasteiger partial charge in [-0.2, -0.15) is 0 Å². The van der Waals surface area contributed by atoms with Crippen LogP contribution in [0.5, 0.6) is 0 Å². The van der Waals surface area contributed by atoms with Crippen molar-refractivity contribution in [2.75, 3.05) is 27.2 Å². The number of rotatable bonds is 10. The van der Waals surface area contributed by atoms with Gasteiger partial charge in [0.15, 0.2) is 0 Å². The highest BCUT2D eigenvalue weighted by atomic mass is 15.1. The van der Waals surface area contributed by atoms with E-state index < -0.39 is 0 Å². The lowest BCUT2D eigenvalue weighted by atomic mass is 10.0. The summed E-state index contributed by atoms with van der Waals surface area (Å²) in [4.78, 5) is 4.94. The van der Waals surface area contributed by atoms with Crippen LogP contribution in [0.3, 0.4) is 0 Å². The van der Waals surface area contributed by atoms with Crippen LogP contribution < -0.4 is 0 Å². The van der Waals surface area contributed by atoms with Crippen molar-refractivity contribution in [2.24, 2.45) is 0 Å². The molecule has 4 aromatic rings. The second-order valence-corrected chi connectivity index (χ2v) is 11.6. The first-order valence-electron chi connectivity index (χ1n) is 14.8. The van der Waals surface area contributed by atoms with E-state index in [9.17, 15) is 0 Å². The monoisotopic (exact) mass is 496 g/mol. The topological polar surface area (TPSA) is 16.3 Å². The van der Waals surface area contributed by atoms with Crippen LogP contribution in [0.15, 0.2) is 48.5 Å². The lowest BCUT2D eigenvalue weighted by Gasteiger charge is -2.24. The molecule has 0 bridgehead atoms. The third-order valence-electron chi connectivity index (χ3n) is 8.97. The third-order valence-corrected chi connectivity index (χ3v) is 8.97. The Bertz CT molecular complexity index is 1360. The van der Waals surface area contributed by atoms with Crippen LogP contribution in [0.25, 0.3) is 21.8 Å². The van der Waals surface area contributed by atoms with Crippen molar-refractivity contribution in [1.29, 1.82) is 0 Å². The fraction of sp³-hybridized carbons (Fsp3) is 0.515. The molecular weight excluding hydrogens is 452 g/mol. The maximum absolute atomic E-state index is 2.65. The van der Waals surface area contributed by atoms with Crippen molar-refractivity contribution in [3.8, 4) is 0 Å². The molecule has 0 saturated carbocycles. The van der Waals surface area contributed by atoms with E-state index in [-0.39, 0.29) is 0 Å². The average molecular weight is 497 g/mol. The second kappa shape index (κ2) is 11.0. The van der Waals surface area contributed by atoms with Gasteiger partial charge in [-0.3, -0.25) is 0 Å². The second-order valence-electron chi connectivity index (χ2n) is 11.6. The SMILES string of the molecule is CN1CCc2c(c3ccccc3n2CCCCCCCCCn2c3c(c4ccccc42)CCN(C)C3)C1. The van der Waals surface area contributed by atoms with Gasteiger partial charge in [0.1, 0.15) is 0 Å². The first-order valence-corrected chi connectivity index (χ1v) is 14.8. The van der Waals surface area contributed by atoms with E-state index in [0.29, 0.717) is 0 Å². The molecule has 0 aliphatic carbocycles. The predicted molar refractivity (Wildman–Crippen MR) is 156 cm³/mol. The summed E-state index contributed by atoms with van der Waals surface area (Å²) < 4.78 is 5.29. The van der Waals surface area contributed by atoms with Gasteiger partial charge in [-0.1, -0.05) is 68.5 Å². The zero-order valence-electron chi connectivity index (χ0n) is 23.0. The largest absolute Gasteiger partial charge is 0.344 e. The first-order chi connectivity index (χ1) is 18.2. The summed E-state index contributed by atoms with van der Waals surface area (Å²) in [5.74, 6) is 0. The Morgan fingerprint density at radius 1 is 0.541 bits per heavy atom.